The molecule has 6 nitrogen and oxygen atoms in total. The minimum atomic E-state index is -0.350. The number of rotatable bonds is 2. The highest BCUT2D eigenvalue weighted by Crippen LogP contribution is 2.25. The van der Waals surface area contributed by atoms with Crippen molar-refractivity contribution < 1.29 is 4.79 Å². The van der Waals surface area contributed by atoms with Crippen LogP contribution in [0.15, 0.2) is 59.5 Å². The molecule has 1 aliphatic heterocycles. The molecule has 3 heterocycles. The van der Waals surface area contributed by atoms with E-state index in [0.29, 0.717) is 29.7 Å². The number of H-pyrrole nitrogens is 1. The summed E-state index contributed by atoms with van der Waals surface area (Å²) in [6, 6.07) is 15.0. The number of amides is 1. The van der Waals surface area contributed by atoms with E-state index in [4.69, 9.17) is 4.98 Å². The molecule has 5 rings (SSSR count). The number of carbonyl (C=O) groups is 1. The minimum Gasteiger partial charge on any atom is -0.361 e. The van der Waals surface area contributed by atoms with E-state index in [9.17, 15) is 9.59 Å². The molecule has 1 amide bonds. The summed E-state index contributed by atoms with van der Waals surface area (Å²) in [6.07, 6.45) is 2.81. The molecule has 0 fully saturated rings. The van der Waals surface area contributed by atoms with Gasteiger partial charge in [-0.2, -0.15) is 0 Å². The van der Waals surface area contributed by atoms with Gasteiger partial charge in [0.1, 0.15) is 5.82 Å². The second-order valence-corrected chi connectivity index (χ2v) is 6.88. The number of para-hydroxylation sites is 2. The lowest BCUT2D eigenvalue weighted by atomic mass is 10.0. The smallest absolute Gasteiger partial charge is 0.261 e. The summed E-state index contributed by atoms with van der Waals surface area (Å²) in [6.45, 7) is 0.349. The van der Waals surface area contributed by atoms with E-state index in [0.717, 1.165) is 16.5 Å². The van der Waals surface area contributed by atoms with Gasteiger partial charge in [0.25, 0.3) is 5.56 Å². The van der Waals surface area contributed by atoms with Gasteiger partial charge in [-0.15, -0.1) is 0 Å². The number of aromatic amines is 1. The first-order chi connectivity index (χ1) is 13.2. The molecule has 0 unspecified atom stereocenters. The first-order valence-electron chi connectivity index (χ1n) is 9.04. The quantitative estimate of drug-likeness (QED) is 0.578. The average Bonchev–Trinajstić information content (AvgIpc) is 3.02. The standard InChI is InChI=1S/C21H18N4O2/c26-19-9-10-25-20(24-17-8-4-2-6-15(17)21(25)27)18(23-19)11-13-12-22-16-7-3-1-5-14(13)16/h1-8,12,18,22H,9-11H2,(H,23,26)/t18-/m0/s1. The molecule has 0 saturated carbocycles. The van der Waals surface area contributed by atoms with Gasteiger partial charge in [-0.3, -0.25) is 14.2 Å². The molecule has 2 N–H and O–H groups in total. The number of carbonyl (C=O) groups excluding carboxylic acids is 1. The Balaban J connectivity index is 1.66. The Morgan fingerprint density at radius 1 is 1.04 bits per heavy atom. The van der Waals surface area contributed by atoms with Crippen LogP contribution in [0.2, 0.25) is 0 Å². The van der Waals surface area contributed by atoms with Gasteiger partial charge in [0, 0.05) is 36.5 Å². The highest BCUT2D eigenvalue weighted by atomic mass is 16.2. The zero-order valence-electron chi connectivity index (χ0n) is 14.6. The van der Waals surface area contributed by atoms with Gasteiger partial charge in [0.05, 0.1) is 16.9 Å². The topological polar surface area (TPSA) is 79.8 Å². The molecule has 0 spiro atoms. The fourth-order valence-electron chi connectivity index (χ4n) is 3.87. The third-order valence-corrected chi connectivity index (χ3v) is 5.20. The van der Waals surface area contributed by atoms with Crippen LogP contribution in [-0.2, 0) is 17.8 Å². The van der Waals surface area contributed by atoms with E-state index in [2.05, 4.69) is 16.4 Å². The van der Waals surface area contributed by atoms with Crippen LogP contribution in [0.1, 0.15) is 23.9 Å². The molecule has 27 heavy (non-hydrogen) atoms. The van der Waals surface area contributed by atoms with Crippen molar-refractivity contribution in [3.63, 3.8) is 0 Å². The Kier molecular flexibility index (Phi) is 3.57. The number of aromatic nitrogens is 3. The van der Waals surface area contributed by atoms with Crippen molar-refractivity contribution in [1.82, 2.24) is 19.9 Å². The van der Waals surface area contributed by atoms with E-state index in [1.165, 1.54) is 0 Å². The van der Waals surface area contributed by atoms with Gasteiger partial charge in [-0.1, -0.05) is 30.3 Å². The highest BCUT2D eigenvalue weighted by molar-refractivity contribution is 5.83. The van der Waals surface area contributed by atoms with Gasteiger partial charge in [-0.25, -0.2) is 4.98 Å². The maximum atomic E-state index is 13.0. The average molecular weight is 358 g/mol. The summed E-state index contributed by atoms with van der Waals surface area (Å²) in [5.74, 6) is 0.559. The van der Waals surface area contributed by atoms with Crippen LogP contribution in [0.25, 0.3) is 21.8 Å². The van der Waals surface area contributed by atoms with Crippen LogP contribution >= 0.6 is 0 Å². The number of benzene rings is 2. The van der Waals surface area contributed by atoms with Crippen molar-refractivity contribution in [3.05, 3.63) is 76.5 Å². The molecule has 0 aliphatic carbocycles. The summed E-state index contributed by atoms with van der Waals surface area (Å²) >= 11 is 0. The molecular formula is C21H18N4O2. The summed E-state index contributed by atoms with van der Waals surface area (Å²) in [7, 11) is 0. The van der Waals surface area contributed by atoms with Gasteiger partial charge < -0.3 is 10.3 Å². The van der Waals surface area contributed by atoms with Crippen LogP contribution < -0.4 is 10.9 Å². The fourth-order valence-corrected chi connectivity index (χ4v) is 3.87. The summed E-state index contributed by atoms with van der Waals surface area (Å²) in [4.78, 5) is 33.3. The van der Waals surface area contributed by atoms with E-state index >= 15 is 0 Å². The Hall–Kier alpha value is -3.41. The molecule has 6 heteroatoms. The minimum absolute atomic E-state index is 0.0613. The summed E-state index contributed by atoms with van der Waals surface area (Å²) in [5, 5.41) is 4.76. The van der Waals surface area contributed by atoms with Crippen molar-refractivity contribution in [2.24, 2.45) is 0 Å². The summed E-state index contributed by atoms with van der Waals surface area (Å²) in [5.41, 5.74) is 2.72. The molecule has 1 atom stereocenters. The monoisotopic (exact) mass is 358 g/mol. The molecule has 2 aromatic carbocycles. The number of hydrogen-bond acceptors (Lipinski definition) is 3. The van der Waals surface area contributed by atoms with E-state index in [1.54, 1.807) is 10.6 Å². The summed E-state index contributed by atoms with van der Waals surface area (Å²) < 4.78 is 1.65. The third-order valence-electron chi connectivity index (χ3n) is 5.20. The second kappa shape index (κ2) is 6.09. The van der Waals surface area contributed by atoms with Crippen molar-refractivity contribution >= 4 is 27.7 Å². The van der Waals surface area contributed by atoms with Gasteiger partial charge in [0.2, 0.25) is 5.91 Å². The van der Waals surface area contributed by atoms with Gasteiger partial charge in [0.15, 0.2) is 0 Å². The second-order valence-electron chi connectivity index (χ2n) is 6.88. The van der Waals surface area contributed by atoms with E-state index < -0.39 is 0 Å². The molecule has 0 bridgehead atoms. The van der Waals surface area contributed by atoms with Crippen molar-refractivity contribution in [3.8, 4) is 0 Å². The van der Waals surface area contributed by atoms with Crippen LogP contribution in [0.3, 0.4) is 0 Å². The van der Waals surface area contributed by atoms with Crippen LogP contribution in [0.4, 0.5) is 0 Å². The Labute approximate surface area is 154 Å². The lowest BCUT2D eigenvalue weighted by Gasteiger charge is -2.18. The van der Waals surface area contributed by atoms with Gasteiger partial charge in [-0.05, 0) is 23.8 Å². The number of fused-ring (bicyclic) bond motifs is 3. The van der Waals surface area contributed by atoms with Crippen LogP contribution in [0.5, 0.6) is 0 Å². The zero-order valence-corrected chi connectivity index (χ0v) is 14.6. The Morgan fingerprint density at radius 2 is 1.81 bits per heavy atom. The number of nitrogens with one attached hydrogen (secondary N) is 2. The van der Waals surface area contributed by atoms with Gasteiger partial charge >= 0.3 is 0 Å². The predicted molar refractivity (Wildman–Crippen MR) is 104 cm³/mol. The predicted octanol–water partition coefficient (Wildman–Crippen LogP) is 2.68. The Bertz CT molecular complexity index is 1240. The van der Waals surface area contributed by atoms with Crippen LogP contribution in [0, 0.1) is 0 Å². The van der Waals surface area contributed by atoms with Crippen molar-refractivity contribution in [1.29, 1.82) is 0 Å². The third kappa shape index (κ3) is 2.61. The Morgan fingerprint density at radius 3 is 2.70 bits per heavy atom. The maximum Gasteiger partial charge on any atom is 0.261 e. The molecule has 0 radical (unpaired) electrons. The normalized spacial score (nSPS) is 16.9. The lowest BCUT2D eigenvalue weighted by molar-refractivity contribution is -0.121. The fraction of sp³-hybridized carbons (Fsp3) is 0.190. The largest absolute Gasteiger partial charge is 0.361 e. The molecule has 2 aromatic heterocycles. The maximum absolute atomic E-state index is 13.0. The molecule has 0 saturated heterocycles. The molecule has 4 aromatic rings. The molecule has 134 valence electrons. The van der Waals surface area contributed by atoms with E-state index in [1.807, 2.05) is 42.6 Å². The number of hydrogen-bond donors (Lipinski definition) is 2. The van der Waals surface area contributed by atoms with Crippen molar-refractivity contribution in [2.45, 2.75) is 25.4 Å². The lowest BCUT2D eigenvalue weighted by Crippen LogP contribution is -2.31. The van der Waals surface area contributed by atoms with E-state index in [-0.39, 0.29) is 23.9 Å². The molecular weight excluding hydrogens is 340 g/mol. The first kappa shape index (κ1) is 15.8. The molecule has 1 aliphatic rings. The van der Waals surface area contributed by atoms with Crippen molar-refractivity contribution in [2.75, 3.05) is 0 Å². The SMILES string of the molecule is O=C1CCn2c(nc3ccccc3c2=O)[C@H](Cc2c[nH]c3ccccc23)N1. The first-order valence-corrected chi connectivity index (χ1v) is 9.04. The zero-order chi connectivity index (χ0) is 18.4. The van der Waals surface area contributed by atoms with Crippen LogP contribution in [-0.4, -0.2) is 20.4 Å². The number of nitrogens with zero attached hydrogens (tertiary/aromatic N) is 2. The highest BCUT2D eigenvalue weighted by Gasteiger charge is 2.26.